The second-order valence-electron chi connectivity index (χ2n) is 5.08. The summed E-state index contributed by atoms with van der Waals surface area (Å²) >= 11 is 0. The van der Waals surface area contributed by atoms with Gasteiger partial charge < -0.3 is 4.74 Å². The normalized spacial score (nSPS) is 24.4. The fraction of sp³-hybridized carbons (Fsp3) is 0.333. The van der Waals surface area contributed by atoms with E-state index in [9.17, 15) is 15.3 Å². The van der Waals surface area contributed by atoms with Gasteiger partial charge in [0.05, 0.1) is 25.3 Å². The average molecular weight is 280 g/mol. The highest BCUT2D eigenvalue weighted by molar-refractivity contribution is 5.85. The van der Waals surface area contributed by atoms with Crippen molar-refractivity contribution in [2.45, 2.75) is 18.0 Å². The summed E-state index contributed by atoms with van der Waals surface area (Å²) in [5.74, 6) is -1.02. The van der Waals surface area contributed by atoms with E-state index < -0.39 is 23.5 Å². The first-order valence-corrected chi connectivity index (χ1v) is 6.49. The molecule has 3 rings (SSSR count). The van der Waals surface area contributed by atoms with Crippen LogP contribution >= 0.6 is 0 Å². The van der Waals surface area contributed by atoms with Crippen molar-refractivity contribution in [2.24, 2.45) is 11.0 Å². The fourth-order valence-corrected chi connectivity index (χ4v) is 3.05. The van der Waals surface area contributed by atoms with Crippen LogP contribution in [0, 0.1) is 28.6 Å². The number of methoxy groups -OCH3 is 1. The summed E-state index contributed by atoms with van der Waals surface area (Å²) in [7, 11) is 1.31. The highest BCUT2D eigenvalue weighted by atomic mass is 16.5. The summed E-state index contributed by atoms with van der Waals surface area (Å²) in [4.78, 5) is 12.1. The lowest BCUT2D eigenvalue weighted by molar-refractivity contribution is -0.146. The summed E-state index contributed by atoms with van der Waals surface area (Å²) in [6, 6.07) is 11.1. The third-order valence-corrected chi connectivity index (χ3v) is 4.06. The predicted molar refractivity (Wildman–Crippen MR) is 72.7 cm³/mol. The van der Waals surface area contributed by atoms with Crippen LogP contribution in [0.25, 0.3) is 0 Å². The Kier molecular flexibility index (Phi) is 2.88. The number of hydrazone groups is 1. The Hall–Kier alpha value is -2.86. The third kappa shape index (κ3) is 1.70. The molecule has 2 heterocycles. The van der Waals surface area contributed by atoms with E-state index in [1.807, 2.05) is 36.4 Å². The molecule has 6 heteroatoms. The van der Waals surface area contributed by atoms with Gasteiger partial charge >= 0.3 is 5.97 Å². The lowest BCUT2D eigenvalue weighted by atomic mass is 9.88. The van der Waals surface area contributed by atoms with Gasteiger partial charge in [-0.3, -0.25) is 9.80 Å². The van der Waals surface area contributed by atoms with Crippen molar-refractivity contribution < 1.29 is 9.53 Å². The van der Waals surface area contributed by atoms with Gasteiger partial charge in [-0.2, -0.15) is 15.6 Å². The van der Waals surface area contributed by atoms with Crippen LogP contribution in [-0.4, -0.2) is 29.8 Å². The van der Waals surface area contributed by atoms with E-state index in [2.05, 4.69) is 5.10 Å². The molecule has 1 saturated heterocycles. The standard InChI is InChI=1S/C15H12N4O2/c1-21-14(20)12-6-15(8-16,9-17)19-13(12)11-5-3-2-4-10(11)7-18-19/h2-5,7,12-13H,6H2,1H3/t12-,13-/m0/s1. The maximum atomic E-state index is 12.1. The molecule has 0 aromatic heterocycles. The minimum Gasteiger partial charge on any atom is -0.469 e. The molecule has 0 unspecified atom stereocenters. The molecule has 0 saturated carbocycles. The van der Waals surface area contributed by atoms with Gasteiger partial charge in [0, 0.05) is 6.42 Å². The highest BCUT2D eigenvalue weighted by Crippen LogP contribution is 2.49. The van der Waals surface area contributed by atoms with Crippen LogP contribution in [0.1, 0.15) is 23.6 Å². The van der Waals surface area contributed by atoms with E-state index in [0.717, 1.165) is 11.1 Å². The van der Waals surface area contributed by atoms with Gasteiger partial charge in [0.1, 0.15) is 12.1 Å². The smallest absolute Gasteiger partial charge is 0.311 e. The molecule has 0 bridgehead atoms. The second kappa shape index (κ2) is 4.60. The minimum atomic E-state index is -1.44. The Morgan fingerprint density at radius 1 is 1.43 bits per heavy atom. The van der Waals surface area contributed by atoms with Crippen molar-refractivity contribution >= 4 is 12.2 Å². The van der Waals surface area contributed by atoms with Crippen LogP contribution < -0.4 is 0 Å². The molecule has 21 heavy (non-hydrogen) atoms. The van der Waals surface area contributed by atoms with Crippen molar-refractivity contribution in [2.75, 3.05) is 7.11 Å². The van der Waals surface area contributed by atoms with E-state index in [1.165, 1.54) is 12.1 Å². The number of nitrogens with zero attached hydrogens (tertiary/aromatic N) is 4. The van der Waals surface area contributed by atoms with Gasteiger partial charge in [-0.05, 0) is 11.1 Å². The zero-order valence-electron chi connectivity index (χ0n) is 11.4. The molecule has 1 aromatic rings. The van der Waals surface area contributed by atoms with Crippen LogP contribution in [0.4, 0.5) is 0 Å². The van der Waals surface area contributed by atoms with Crippen LogP contribution in [0.3, 0.4) is 0 Å². The van der Waals surface area contributed by atoms with Crippen molar-refractivity contribution in [1.82, 2.24) is 5.01 Å². The number of benzene rings is 1. The lowest BCUT2D eigenvalue weighted by Crippen LogP contribution is -2.40. The number of rotatable bonds is 1. The lowest BCUT2D eigenvalue weighted by Gasteiger charge is -2.33. The summed E-state index contributed by atoms with van der Waals surface area (Å²) in [6.45, 7) is 0. The molecule has 104 valence electrons. The van der Waals surface area contributed by atoms with E-state index in [0.29, 0.717) is 0 Å². The van der Waals surface area contributed by atoms with Gasteiger partial charge in [-0.25, -0.2) is 0 Å². The van der Waals surface area contributed by atoms with Crippen LogP contribution in [-0.2, 0) is 9.53 Å². The Morgan fingerprint density at radius 3 is 2.81 bits per heavy atom. The van der Waals surface area contributed by atoms with Crippen LogP contribution in [0.2, 0.25) is 0 Å². The SMILES string of the molecule is COC(=O)[C@H]1CC(C#N)(C#N)N2N=Cc3ccccc3[C@@H]12. The molecule has 1 fully saturated rings. The monoisotopic (exact) mass is 280 g/mol. The van der Waals surface area contributed by atoms with E-state index >= 15 is 0 Å². The van der Waals surface area contributed by atoms with Gasteiger partial charge in [0.25, 0.3) is 0 Å². The van der Waals surface area contributed by atoms with Crippen molar-refractivity contribution in [3.05, 3.63) is 35.4 Å². The molecule has 0 spiro atoms. The first-order chi connectivity index (χ1) is 10.2. The number of ether oxygens (including phenoxy) is 1. The molecule has 0 amide bonds. The third-order valence-electron chi connectivity index (χ3n) is 4.06. The summed E-state index contributed by atoms with van der Waals surface area (Å²) in [6.07, 6.45) is 1.71. The van der Waals surface area contributed by atoms with E-state index in [1.54, 1.807) is 6.21 Å². The van der Waals surface area contributed by atoms with E-state index in [4.69, 9.17) is 4.74 Å². The summed E-state index contributed by atoms with van der Waals surface area (Å²) < 4.78 is 4.84. The number of fused-ring (bicyclic) bond motifs is 3. The van der Waals surface area contributed by atoms with Crippen LogP contribution in [0.5, 0.6) is 0 Å². The molecule has 0 aliphatic carbocycles. The fourth-order valence-electron chi connectivity index (χ4n) is 3.05. The predicted octanol–water partition coefficient (Wildman–Crippen LogP) is 1.36. The van der Waals surface area contributed by atoms with Gasteiger partial charge in [0.15, 0.2) is 0 Å². The largest absolute Gasteiger partial charge is 0.469 e. The Morgan fingerprint density at radius 2 is 2.14 bits per heavy atom. The van der Waals surface area contributed by atoms with Crippen molar-refractivity contribution in [3.63, 3.8) is 0 Å². The first-order valence-electron chi connectivity index (χ1n) is 6.49. The van der Waals surface area contributed by atoms with Crippen molar-refractivity contribution in [1.29, 1.82) is 10.5 Å². The molecule has 2 aliphatic rings. The molecule has 1 aromatic carbocycles. The summed E-state index contributed by atoms with van der Waals surface area (Å²) in [5.41, 5.74) is 0.336. The molecule has 0 N–H and O–H groups in total. The molecule has 2 aliphatic heterocycles. The Balaban J connectivity index is 2.17. The zero-order chi connectivity index (χ0) is 15.0. The molecule has 0 radical (unpaired) electrons. The molecular weight excluding hydrogens is 268 g/mol. The maximum Gasteiger partial charge on any atom is 0.311 e. The topological polar surface area (TPSA) is 89.5 Å². The summed E-state index contributed by atoms with van der Waals surface area (Å²) in [5, 5.41) is 24.6. The molecule has 2 atom stereocenters. The van der Waals surface area contributed by atoms with Gasteiger partial charge in [-0.15, -0.1) is 0 Å². The Labute approximate surface area is 121 Å². The molecular formula is C15H12N4O2. The zero-order valence-corrected chi connectivity index (χ0v) is 11.4. The quantitative estimate of drug-likeness (QED) is 0.724. The van der Waals surface area contributed by atoms with Crippen LogP contribution in [0.15, 0.2) is 29.4 Å². The minimum absolute atomic E-state index is 0.0863. The number of carbonyl (C=O) groups excluding carboxylic acids is 1. The van der Waals surface area contributed by atoms with Gasteiger partial charge in [0.2, 0.25) is 5.54 Å². The maximum absolute atomic E-state index is 12.1. The Bertz CT molecular complexity index is 699. The number of esters is 1. The number of hydrogen-bond acceptors (Lipinski definition) is 6. The second-order valence-corrected chi connectivity index (χ2v) is 5.08. The number of nitriles is 2. The van der Waals surface area contributed by atoms with Crippen molar-refractivity contribution in [3.8, 4) is 12.1 Å². The highest BCUT2D eigenvalue weighted by Gasteiger charge is 2.57. The van der Waals surface area contributed by atoms with Gasteiger partial charge in [-0.1, -0.05) is 24.3 Å². The average Bonchev–Trinajstić information content (AvgIpc) is 2.89. The number of hydrogen-bond donors (Lipinski definition) is 0. The molecule has 6 nitrogen and oxygen atoms in total. The number of carbonyl (C=O) groups is 1. The van der Waals surface area contributed by atoms with E-state index in [-0.39, 0.29) is 6.42 Å². The first kappa shape index (κ1) is 13.1.